The maximum Gasteiger partial charge on any atom is 0.449 e. The van der Waals surface area contributed by atoms with E-state index in [2.05, 4.69) is 15.2 Å². The average molecular weight is 274 g/mol. The van der Waals surface area contributed by atoms with Crippen molar-refractivity contribution in [3.63, 3.8) is 0 Å². The van der Waals surface area contributed by atoms with Gasteiger partial charge in [-0.3, -0.25) is 0 Å². The molecule has 2 aliphatic heterocycles. The largest absolute Gasteiger partial charge is 0.449 e. The lowest BCUT2D eigenvalue weighted by molar-refractivity contribution is -0.148. The highest BCUT2D eigenvalue weighted by molar-refractivity contribution is 5.23. The SMILES string of the molecule is CN1CCC(n2c(C(F)(F)F)nc3c2CCNC3)C1. The molecule has 0 spiro atoms. The number of hydrogen-bond acceptors (Lipinski definition) is 3. The molecule has 106 valence electrons. The first-order valence-electron chi connectivity index (χ1n) is 6.53. The molecular weight excluding hydrogens is 257 g/mol. The molecule has 19 heavy (non-hydrogen) atoms. The minimum absolute atomic E-state index is 0.101. The molecule has 0 radical (unpaired) electrons. The number of alkyl halides is 3. The molecular formula is C12H17F3N4. The topological polar surface area (TPSA) is 33.1 Å². The summed E-state index contributed by atoms with van der Waals surface area (Å²) in [6, 6.07) is -0.101. The van der Waals surface area contributed by atoms with Crippen molar-refractivity contribution in [2.45, 2.75) is 31.6 Å². The number of halogens is 3. The van der Waals surface area contributed by atoms with Crippen molar-refractivity contribution in [2.24, 2.45) is 0 Å². The van der Waals surface area contributed by atoms with Crippen LogP contribution in [-0.4, -0.2) is 41.1 Å². The first-order valence-corrected chi connectivity index (χ1v) is 6.53. The molecule has 1 saturated heterocycles. The van der Waals surface area contributed by atoms with Gasteiger partial charge in [0.1, 0.15) is 0 Å². The first kappa shape index (κ1) is 12.9. The van der Waals surface area contributed by atoms with E-state index in [9.17, 15) is 13.2 Å². The Morgan fingerprint density at radius 1 is 1.37 bits per heavy atom. The van der Waals surface area contributed by atoms with Crippen LogP contribution in [0.15, 0.2) is 0 Å². The number of rotatable bonds is 1. The summed E-state index contributed by atoms with van der Waals surface area (Å²) in [7, 11) is 1.94. The normalized spacial score (nSPS) is 24.7. The zero-order valence-electron chi connectivity index (χ0n) is 10.8. The van der Waals surface area contributed by atoms with Gasteiger partial charge < -0.3 is 14.8 Å². The summed E-state index contributed by atoms with van der Waals surface area (Å²) in [5.74, 6) is -0.721. The minimum atomic E-state index is -4.38. The van der Waals surface area contributed by atoms with E-state index >= 15 is 0 Å². The van der Waals surface area contributed by atoms with Crippen molar-refractivity contribution in [1.29, 1.82) is 0 Å². The van der Waals surface area contributed by atoms with Crippen molar-refractivity contribution in [1.82, 2.24) is 19.8 Å². The Morgan fingerprint density at radius 3 is 2.79 bits per heavy atom. The van der Waals surface area contributed by atoms with Crippen LogP contribution >= 0.6 is 0 Å². The van der Waals surface area contributed by atoms with Gasteiger partial charge in [0.15, 0.2) is 0 Å². The van der Waals surface area contributed by atoms with E-state index in [4.69, 9.17) is 0 Å². The fourth-order valence-corrected chi connectivity index (χ4v) is 3.05. The van der Waals surface area contributed by atoms with Gasteiger partial charge in [0, 0.05) is 37.8 Å². The van der Waals surface area contributed by atoms with Crippen LogP contribution in [0.25, 0.3) is 0 Å². The number of nitrogens with one attached hydrogen (secondary N) is 1. The van der Waals surface area contributed by atoms with Crippen molar-refractivity contribution < 1.29 is 13.2 Å². The first-order chi connectivity index (χ1) is 8.97. The number of aromatic nitrogens is 2. The predicted molar refractivity (Wildman–Crippen MR) is 63.8 cm³/mol. The van der Waals surface area contributed by atoms with Crippen LogP contribution in [-0.2, 0) is 19.1 Å². The molecule has 0 bridgehead atoms. The van der Waals surface area contributed by atoms with E-state index in [0.717, 1.165) is 25.2 Å². The third-order valence-electron chi connectivity index (χ3n) is 3.91. The number of fused-ring (bicyclic) bond motifs is 1. The van der Waals surface area contributed by atoms with Crippen LogP contribution in [0, 0.1) is 0 Å². The van der Waals surface area contributed by atoms with E-state index in [0.29, 0.717) is 25.2 Å². The standard InChI is InChI=1S/C12H17F3N4/c1-18-5-3-8(7-18)19-10-2-4-16-6-9(10)17-11(19)12(13,14)15/h8,16H,2-7H2,1H3. The van der Waals surface area contributed by atoms with Gasteiger partial charge in [-0.25, -0.2) is 4.98 Å². The fourth-order valence-electron chi connectivity index (χ4n) is 3.05. The quantitative estimate of drug-likeness (QED) is 0.841. The van der Waals surface area contributed by atoms with E-state index in [1.54, 1.807) is 0 Å². The summed E-state index contributed by atoms with van der Waals surface area (Å²) in [5, 5.41) is 3.08. The number of nitrogens with zero attached hydrogens (tertiary/aromatic N) is 3. The minimum Gasteiger partial charge on any atom is -0.320 e. The summed E-state index contributed by atoms with van der Waals surface area (Å²) in [6.07, 6.45) is -2.99. The Kier molecular flexibility index (Phi) is 3.05. The van der Waals surface area contributed by atoms with Crippen LogP contribution in [0.2, 0.25) is 0 Å². The molecule has 0 amide bonds. The van der Waals surface area contributed by atoms with Crippen LogP contribution < -0.4 is 5.32 Å². The van der Waals surface area contributed by atoms with Crippen LogP contribution in [0.1, 0.15) is 29.7 Å². The molecule has 3 heterocycles. The highest BCUT2D eigenvalue weighted by Crippen LogP contribution is 2.35. The summed E-state index contributed by atoms with van der Waals surface area (Å²) < 4.78 is 41.0. The van der Waals surface area contributed by atoms with Crippen LogP contribution in [0.3, 0.4) is 0 Å². The van der Waals surface area contributed by atoms with E-state index in [1.165, 1.54) is 4.57 Å². The van der Waals surface area contributed by atoms with Gasteiger partial charge in [0.05, 0.1) is 5.69 Å². The molecule has 7 heteroatoms. The number of likely N-dealkylation sites (N-methyl/N-ethyl adjacent to an activating group) is 1. The van der Waals surface area contributed by atoms with Gasteiger partial charge >= 0.3 is 6.18 Å². The maximum absolute atomic E-state index is 13.2. The second-order valence-electron chi connectivity index (χ2n) is 5.33. The smallest absolute Gasteiger partial charge is 0.320 e. The van der Waals surface area contributed by atoms with Gasteiger partial charge in [0.25, 0.3) is 0 Å². The summed E-state index contributed by atoms with van der Waals surface area (Å²) in [5.41, 5.74) is 1.33. The third-order valence-corrected chi connectivity index (χ3v) is 3.91. The van der Waals surface area contributed by atoms with Gasteiger partial charge in [0.2, 0.25) is 5.82 Å². The maximum atomic E-state index is 13.2. The van der Waals surface area contributed by atoms with Gasteiger partial charge in [-0.05, 0) is 20.0 Å². The number of likely N-dealkylation sites (tertiary alicyclic amines) is 1. The summed E-state index contributed by atoms with van der Waals surface area (Å²) in [6.45, 7) is 2.67. The highest BCUT2D eigenvalue weighted by atomic mass is 19.4. The van der Waals surface area contributed by atoms with E-state index in [1.807, 2.05) is 7.05 Å². The lowest BCUT2D eigenvalue weighted by Crippen LogP contribution is -2.27. The molecule has 1 atom stereocenters. The molecule has 1 aromatic heterocycles. The Bertz CT molecular complexity index is 480. The van der Waals surface area contributed by atoms with Gasteiger partial charge in [-0.1, -0.05) is 0 Å². The molecule has 0 aliphatic carbocycles. The van der Waals surface area contributed by atoms with E-state index < -0.39 is 12.0 Å². The Hall–Kier alpha value is -1.08. The van der Waals surface area contributed by atoms with E-state index in [-0.39, 0.29) is 6.04 Å². The Labute approximate surface area is 109 Å². The van der Waals surface area contributed by atoms with Crippen LogP contribution in [0.4, 0.5) is 13.2 Å². The zero-order valence-corrected chi connectivity index (χ0v) is 10.8. The molecule has 1 aromatic rings. The summed E-state index contributed by atoms with van der Waals surface area (Å²) >= 11 is 0. The molecule has 3 rings (SSSR count). The molecule has 1 fully saturated rings. The Morgan fingerprint density at radius 2 is 2.16 bits per heavy atom. The fraction of sp³-hybridized carbons (Fsp3) is 0.750. The monoisotopic (exact) mass is 274 g/mol. The molecule has 2 aliphatic rings. The highest BCUT2D eigenvalue weighted by Gasteiger charge is 2.41. The number of hydrogen-bond donors (Lipinski definition) is 1. The molecule has 4 nitrogen and oxygen atoms in total. The number of imidazole rings is 1. The average Bonchev–Trinajstić information content (AvgIpc) is 2.91. The molecule has 1 N–H and O–H groups in total. The second-order valence-corrected chi connectivity index (χ2v) is 5.33. The molecule has 0 saturated carbocycles. The second kappa shape index (κ2) is 4.49. The lowest BCUT2D eigenvalue weighted by atomic mass is 10.1. The van der Waals surface area contributed by atoms with Crippen molar-refractivity contribution in [3.8, 4) is 0 Å². The third kappa shape index (κ3) is 2.25. The van der Waals surface area contributed by atoms with Crippen molar-refractivity contribution >= 4 is 0 Å². The van der Waals surface area contributed by atoms with Gasteiger partial charge in [-0.15, -0.1) is 0 Å². The zero-order chi connectivity index (χ0) is 13.6. The van der Waals surface area contributed by atoms with Crippen LogP contribution in [0.5, 0.6) is 0 Å². The predicted octanol–water partition coefficient (Wildman–Crippen LogP) is 1.42. The molecule has 1 unspecified atom stereocenters. The van der Waals surface area contributed by atoms with Crippen molar-refractivity contribution in [2.75, 3.05) is 26.7 Å². The molecule has 0 aromatic carbocycles. The summed E-state index contributed by atoms with van der Waals surface area (Å²) in [4.78, 5) is 5.92. The Balaban J connectivity index is 2.06. The lowest BCUT2D eigenvalue weighted by Gasteiger charge is -2.22. The van der Waals surface area contributed by atoms with Crippen molar-refractivity contribution in [3.05, 3.63) is 17.2 Å². The van der Waals surface area contributed by atoms with Gasteiger partial charge in [-0.2, -0.15) is 13.2 Å².